The third kappa shape index (κ3) is 3.81. The summed E-state index contributed by atoms with van der Waals surface area (Å²) in [5.74, 6) is 0.0301. The summed E-state index contributed by atoms with van der Waals surface area (Å²) in [6.07, 6.45) is -0.661. The van der Waals surface area contributed by atoms with Crippen LogP contribution < -0.4 is 0 Å². The SMILES string of the molecule is Cc1cc(Cl)cc(C(=O)N2CCC(C)[C@H](c3cc(C(F)F)nc4ncnn34)C2)c1. The van der Waals surface area contributed by atoms with Crippen LogP contribution in [0.15, 0.2) is 30.6 Å². The molecule has 3 aromatic rings. The molecule has 1 aliphatic heterocycles. The van der Waals surface area contributed by atoms with E-state index in [9.17, 15) is 13.6 Å². The van der Waals surface area contributed by atoms with Gasteiger partial charge in [0.2, 0.25) is 0 Å². The van der Waals surface area contributed by atoms with Gasteiger partial charge in [-0.2, -0.15) is 10.1 Å². The first-order valence-electron chi connectivity index (χ1n) is 9.38. The molecule has 0 bridgehead atoms. The number of halogens is 3. The van der Waals surface area contributed by atoms with Gasteiger partial charge in [0, 0.05) is 29.6 Å². The number of alkyl halides is 2. The molecule has 2 aromatic heterocycles. The molecular formula is C20H20ClF2N5O. The van der Waals surface area contributed by atoms with E-state index in [1.165, 1.54) is 16.9 Å². The lowest BCUT2D eigenvalue weighted by Crippen LogP contribution is -2.42. The van der Waals surface area contributed by atoms with Crippen LogP contribution in [0.25, 0.3) is 5.78 Å². The van der Waals surface area contributed by atoms with Crippen LogP contribution in [0.2, 0.25) is 5.02 Å². The first-order chi connectivity index (χ1) is 13.8. The zero-order valence-electron chi connectivity index (χ0n) is 16.0. The number of aryl methyl sites for hydroxylation is 1. The summed E-state index contributed by atoms with van der Waals surface area (Å²) in [5, 5.41) is 4.67. The second-order valence-corrected chi connectivity index (χ2v) is 7.96. The average Bonchev–Trinajstić information content (AvgIpc) is 3.15. The number of aromatic nitrogens is 4. The van der Waals surface area contributed by atoms with E-state index in [0.29, 0.717) is 29.4 Å². The van der Waals surface area contributed by atoms with E-state index >= 15 is 0 Å². The van der Waals surface area contributed by atoms with Crippen LogP contribution in [0.3, 0.4) is 0 Å². The molecule has 3 heterocycles. The number of carbonyl (C=O) groups excluding carboxylic acids is 1. The van der Waals surface area contributed by atoms with Gasteiger partial charge < -0.3 is 4.90 Å². The fourth-order valence-electron chi connectivity index (χ4n) is 3.91. The van der Waals surface area contributed by atoms with E-state index in [0.717, 1.165) is 12.0 Å². The molecule has 0 N–H and O–H groups in total. The van der Waals surface area contributed by atoms with Crippen molar-refractivity contribution in [2.75, 3.05) is 13.1 Å². The highest BCUT2D eigenvalue weighted by atomic mass is 35.5. The Balaban J connectivity index is 1.69. The highest BCUT2D eigenvalue weighted by Crippen LogP contribution is 2.34. The summed E-state index contributed by atoms with van der Waals surface area (Å²) in [7, 11) is 0. The van der Waals surface area contributed by atoms with Gasteiger partial charge in [-0.05, 0) is 49.1 Å². The van der Waals surface area contributed by atoms with Gasteiger partial charge in [-0.3, -0.25) is 4.79 Å². The van der Waals surface area contributed by atoms with Crippen molar-refractivity contribution < 1.29 is 13.6 Å². The molecule has 29 heavy (non-hydrogen) atoms. The molecule has 152 valence electrons. The Morgan fingerprint density at radius 1 is 1.28 bits per heavy atom. The highest BCUT2D eigenvalue weighted by molar-refractivity contribution is 6.31. The first kappa shape index (κ1) is 19.7. The van der Waals surface area contributed by atoms with Crippen LogP contribution in [0.1, 0.15) is 53.0 Å². The first-order valence-corrected chi connectivity index (χ1v) is 9.76. The van der Waals surface area contributed by atoms with Gasteiger partial charge in [-0.25, -0.2) is 18.3 Å². The van der Waals surface area contributed by atoms with Crippen molar-refractivity contribution in [3.05, 3.63) is 58.1 Å². The van der Waals surface area contributed by atoms with Gasteiger partial charge in [0.25, 0.3) is 18.1 Å². The lowest BCUT2D eigenvalue weighted by molar-refractivity contribution is 0.0665. The van der Waals surface area contributed by atoms with Crippen molar-refractivity contribution in [2.24, 2.45) is 5.92 Å². The van der Waals surface area contributed by atoms with E-state index in [4.69, 9.17) is 11.6 Å². The second kappa shape index (κ2) is 7.67. The fraction of sp³-hybridized carbons (Fsp3) is 0.400. The average molecular weight is 420 g/mol. The van der Waals surface area contributed by atoms with Crippen molar-refractivity contribution >= 4 is 23.3 Å². The molecule has 4 rings (SSSR count). The Morgan fingerprint density at radius 2 is 2.07 bits per heavy atom. The summed E-state index contributed by atoms with van der Waals surface area (Å²) < 4.78 is 28.2. The number of hydrogen-bond acceptors (Lipinski definition) is 4. The number of amides is 1. The molecule has 0 spiro atoms. The van der Waals surface area contributed by atoms with Crippen LogP contribution in [-0.4, -0.2) is 43.5 Å². The minimum Gasteiger partial charge on any atom is -0.338 e. The molecule has 0 aliphatic carbocycles. The standard InChI is InChI=1S/C20H20ClF2N5O/c1-11-5-13(7-14(21)6-11)19(29)27-4-3-12(2)15(9-27)17-8-16(18(22)23)26-20-24-10-25-28(17)20/h5-8,10,12,15,18H,3-4,9H2,1-2H3/t12?,15-/m1/s1. The minimum atomic E-state index is -2.71. The van der Waals surface area contributed by atoms with Gasteiger partial charge in [-0.15, -0.1) is 0 Å². The zero-order chi connectivity index (χ0) is 20.7. The maximum atomic E-state index is 13.4. The Labute approximate surface area is 171 Å². The van der Waals surface area contributed by atoms with E-state index in [-0.39, 0.29) is 29.2 Å². The second-order valence-electron chi connectivity index (χ2n) is 7.52. The van der Waals surface area contributed by atoms with Crippen molar-refractivity contribution in [2.45, 2.75) is 32.6 Å². The fourth-order valence-corrected chi connectivity index (χ4v) is 4.20. The monoisotopic (exact) mass is 419 g/mol. The van der Waals surface area contributed by atoms with Crippen LogP contribution in [0.5, 0.6) is 0 Å². The highest BCUT2D eigenvalue weighted by Gasteiger charge is 2.33. The largest absolute Gasteiger partial charge is 0.338 e. The van der Waals surface area contributed by atoms with Gasteiger partial charge in [0.1, 0.15) is 12.0 Å². The normalized spacial score (nSPS) is 19.9. The lowest BCUT2D eigenvalue weighted by atomic mass is 9.84. The lowest BCUT2D eigenvalue weighted by Gasteiger charge is -2.37. The quantitative estimate of drug-likeness (QED) is 0.635. The smallest absolute Gasteiger partial charge is 0.280 e. The number of piperidine rings is 1. The Morgan fingerprint density at radius 3 is 2.79 bits per heavy atom. The number of fused-ring (bicyclic) bond motifs is 1. The zero-order valence-corrected chi connectivity index (χ0v) is 16.8. The predicted molar refractivity (Wildman–Crippen MR) is 104 cm³/mol. The molecule has 9 heteroatoms. The van der Waals surface area contributed by atoms with Crippen LogP contribution in [0.4, 0.5) is 8.78 Å². The van der Waals surface area contributed by atoms with Gasteiger partial charge in [0.05, 0.1) is 5.69 Å². The number of benzene rings is 1. The van der Waals surface area contributed by atoms with Crippen molar-refractivity contribution in [3.63, 3.8) is 0 Å². The van der Waals surface area contributed by atoms with Crippen molar-refractivity contribution in [3.8, 4) is 0 Å². The maximum Gasteiger partial charge on any atom is 0.280 e. The maximum absolute atomic E-state index is 13.4. The van der Waals surface area contributed by atoms with Gasteiger partial charge in [0.15, 0.2) is 0 Å². The van der Waals surface area contributed by atoms with Crippen LogP contribution >= 0.6 is 11.6 Å². The number of rotatable bonds is 3. The topological polar surface area (TPSA) is 63.4 Å². The molecule has 1 fully saturated rings. The molecule has 1 aromatic carbocycles. The molecular weight excluding hydrogens is 400 g/mol. The number of nitrogens with zero attached hydrogens (tertiary/aromatic N) is 5. The summed E-state index contributed by atoms with van der Waals surface area (Å²) in [6, 6.07) is 6.63. The third-order valence-electron chi connectivity index (χ3n) is 5.44. The van der Waals surface area contributed by atoms with E-state index in [2.05, 4.69) is 22.0 Å². The van der Waals surface area contributed by atoms with E-state index in [1.54, 1.807) is 23.1 Å². The molecule has 0 radical (unpaired) electrons. The molecule has 1 aliphatic rings. The molecule has 1 unspecified atom stereocenters. The number of carbonyl (C=O) groups is 1. The summed E-state index contributed by atoms with van der Waals surface area (Å²) in [6.45, 7) is 4.93. The summed E-state index contributed by atoms with van der Waals surface area (Å²) >= 11 is 6.11. The molecule has 1 amide bonds. The van der Waals surface area contributed by atoms with Crippen molar-refractivity contribution in [1.29, 1.82) is 0 Å². The summed E-state index contributed by atoms with van der Waals surface area (Å²) in [4.78, 5) is 22.7. The predicted octanol–water partition coefficient (Wildman–Crippen LogP) is 4.29. The molecule has 0 saturated carbocycles. The Bertz CT molecular complexity index is 1050. The molecule has 2 atom stereocenters. The van der Waals surface area contributed by atoms with E-state index in [1.807, 2.05) is 6.92 Å². The van der Waals surface area contributed by atoms with E-state index < -0.39 is 6.43 Å². The molecule has 6 nitrogen and oxygen atoms in total. The Hall–Kier alpha value is -2.61. The number of hydrogen-bond donors (Lipinski definition) is 0. The van der Waals surface area contributed by atoms with Crippen LogP contribution in [-0.2, 0) is 0 Å². The Kier molecular flexibility index (Phi) is 5.21. The van der Waals surface area contributed by atoms with Gasteiger partial charge >= 0.3 is 0 Å². The number of likely N-dealkylation sites (tertiary alicyclic amines) is 1. The third-order valence-corrected chi connectivity index (χ3v) is 5.66. The van der Waals surface area contributed by atoms with Crippen LogP contribution in [0, 0.1) is 12.8 Å². The van der Waals surface area contributed by atoms with Crippen molar-refractivity contribution in [1.82, 2.24) is 24.5 Å². The summed E-state index contributed by atoms with van der Waals surface area (Å²) in [5.41, 5.74) is 1.69. The van der Waals surface area contributed by atoms with Gasteiger partial charge in [-0.1, -0.05) is 18.5 Å². The minimum absolute atomic E-state index is 0.120. The molecule has 1 saturated heterocycles.